The van der Waals surface area contributed by atoms with Crippen LogP contribution in [0.15, 0.2) is 42.5 Å². The van der Waals surface area contributed by atoms with Crippen LogP contribution in [0.4, 0.5) is 13.2 Å². The van der Waals surface area contributed by atoms with Gasteiger partial charge < -0.3 is 10.5 Å². The lowest BCUT2D eigenvalue weighted by Gasteiger charge is -2.14. The Bertz CT molecular complexity index is 688. The molecule has 0 radical (unpaired) electrons. The summed E-state index contributed by atoms with van der Waals surface area (Å²) in [6.07, 6.45) is -4.50. The standard InChI is InChI=1S/C14H9ClF3NOS/c15-11-7-8(5-6-9(11)13(19)21)20-12-4-2-1-3-10(12)14(16,17)18/h1-7H,(H2,19,21). The molecule has 0 aliphatic heterocycles. The SMILES string of the molecule is NC(=S)c1ccc(Oc2ccccc2C(F)(F)F)cc1Cl. The second-order valence-electron chi connectivity index (χ2n) is 4.10. The number of hydrogen-bond donors (Lipinski definition) is 1. The summed E-state index contributed by atoms with van der Waals surface area (Å²) in [6, 6.07) is 9.24. The molecule has 0 spiro atoms. The highest BCUT2D eigenvalue weighted by atomic mass is 35.5. The number of ether oxygens (including phenoxy) is 1. The third-order valence-corrected chi connectivity index (χ3v) is 3.16. The Balaban J connectivity index is 2.35. The predicted molar refractivity (Wildman–Crippen MR) is 78.9 cm³/mol. The Kier molecular flexibility index (Phi) is 4.39. The molecule has 2 N–H and O–H groups in total. The molecule has 2 aromatic carbocycles. The van der Waals surface area contributed by atoms with Crippen molar-refractivity contribution in [2.75, 3.05) is 0 Å². The van der Waals surface area contributed by atoms with Crippen LogP contribution in [0.1, 0.15) is 11.1 Å². The largest absolute Gasteiger partial charge is 0.457 e. The first-order chi connectivity index (χ1) is 9.79. The Hall–Kier alpha value is -1.79. The van der Waals surface area contributed by atoms with E-state index in [0.717, 1.165) is 6.07 Å². The lowest BCUT2D eigenvalue weighted by atomic mass is 10.2. The fourth-order valence-electron chi connectivity index (χ4n) is 1.68. The van der Waals surface area contributed by atoms with E-state index in [2.05, 4.69) is 0 Å². The summed E-state index contributed by atoms with van der Waals surface area (Å²) >= 11 is 10.7. The molecule has 110 valence electrons. The molecule has 2 rings (SSSR count). The van der Waals surface area contributed by atoms with Gasteiger partial charge in [-0.25, -0.2) is 0 Å². The minimum Gasteiger partial charge on any atom is -0.457 e. The first-order valence-electron chi connectivity index (χ1n) is 5.72. The number of hydrogen-bond acceptors (Lipinski definition) is 2. The fraction of sp³-hybridized carbons (Fsp3) is 0.0714. The average molecular weight is 332 g/mol. The number of alkyl halides is 3. The van der Waals surface area contributed by atoms with Crippen molar-refractivity contribution in [1.82, 2.24) is 0 Å². The molecular weight excluding hydrogens is 323 g/mol. The van der Waals surface area contributed by atoms with E-state index in [4.69, 9.17) is 34.3 Å². The van der Waals surface area contributed by atoms with Gasteiger partial charge in [0.2, 0.25) is 0 Å². The van der Waals surface area contributed by atoms with E-state index in [-0.39, 0.29) is 21.5 Å². The third kappa shape index (κ3) is 3.65. The molecule has 0 amide bonds. The Morgan fingerprint density at radius 3 is 2.38 bits per heavy atom. The van der Waals surface area contributed by atoms with Gasteiger partial charge in [0.05, 0.1) is 10.6 Å². The smallest absolute Gasteiger partial charge is 0.419 e. The van der Waals surface area contributed by atoms with Crippen LogP contribution in [-0.2, 0) is 6.18 Å². The monoisotopic (exact) mass is 331 g/mol. The molecule has 0 heterocycles. The quantitative estimate of drug-likeness (QED) is 0.822. The normalized spacial score (nSPS) is 11.2. The van der Waals surface area contributed by atoms with Crippen molar-refractivity contribution in [3.8, 4) is 11.5 Å². The number of benzene rings is 2. The van der Waals surface area contributed by atoms with Gasteiger partial charge in [-0.05, 0) is 24.3 Å². The molecule has 7 heteroatoms. The van der Waals surface area contributed by atoms with Crippen molar-refractivity contribution in [2.45, 2.75) is 6.18 Å². The Morgan fingerprint density at radius 2 is 1.81 bits per heavy atom. The lowest BCUT2D eigenvalue weighted by Crippen LogP contribution is -2.10. The number of nitrogens with two attached hydrogens (primary N) is 1. The maximum Gasteiger partial charge on any atom is 0.419 e. The van der Waals surface area contributed by atoms with E-state index in [1.54, 1.807) is 0 Å². The zero-order chi connectivity index (χ0) is 15.6. The molecule has 0 saturated carbocycles. The van der Waals surface area contributed by atoms with E-state index < -0.39 is 11.7 Å². The molecule has 0 aromatic heterocycles. The molecule has 0 bridgehead atoms. The lowest BCUT2D eigenvalue weighted by molar-refractivity contribution is -0.138. The molecule has 2 aromatic rings. The van der Waals surface area contributed by atoms with Crippen LogP contribution in [0.3, 0.4) is 0 Å². The van der Waals surface area contributed by atoms with Crippen LogP contribution in [0.25, 0.3) is 0 Å². The maximum atomic E-state index is 12.9. The van der Waals surface area contributed by atoms with Crippen molar-refractivity contribution >= 4 is 28.8 Å². The summed E-state index contributed by atoms with van der Waals surface area (Å²) in [4.78, 5) is 0.0993. The number of halogens is 4. The zero-order valence-electron chi connectivity index (χ0n) is 10.4. The van der Waals surface area contributed by atoms with Gasteiger partial charge in [-0.1, -0.05) is 36.0 Å². The van der Waals surface area contributed by atoms with Gasteiger partial charge in [-0.15, -0.1) is 0 Å². The Morgan fingerprint density at radius 1 is 1.14 bits per heavy atom. The van der Waals surface area contributed by atoms with Gasteiger partial charge in [-0.2, -0.15) is 13.2 Å². The second-order valence-corrected chi connectivity index (χ2v) is 4.95. The molecule has 2 nitrogen and oxygen atoms in total. The predicted octanol–water partition coefficient (Wildman–Crippen LogP) is 4.79. The van der Waals surface area contributed by atoms with E-state index in [0.29, 0.717) is 5.56 Å². The third-order valence-electron chi connectivity index (χ3n) is 2.63. The highest BCUT2D eigenvalue weighted by Crippen LogP contribution is 2.38. The first kappa shape index (κ1) is 15.6. The zero-order valence-corrected chi connectivity index (χ0v) is 12.0. The molecular formula is C14H9ClF3NOS. The van der Waals surface area contributed by atoms with Crippen LogP contribution in [0.2, 0.25) is 5.02 Å². The van der Waals surface area contributed by atoms with E-state index in [1.807, 2.05) is 0 Å². The maximum absolute atomic E-state index is 12.9. The minimum atomic E-state index is -4.50. The summed E-state index contributed by atoms with van der Waals surface area (Å²) in [5.74, 6) is -0.138. The van der Waals surface area contributed by atoms with Crippen LogP contribution in [0.5, 0.6) is 11.5 Å². The Labute approximate surface area is 129 Å². The summed E-state index contributed by atoms with van der Waals surface area (Å²) in [6.45, 7) is 0. The second kappa shape index (κ2) is 5.91. The molecule has 0 fully saturated rings. The van der Waals surface area contributed by atoms with Crippen molar-refractivity contribution in [1.29, 1.82) is 0 Å². The van der Waals surface area contributed by atoms with Gasteiger partial charge in [0.1, 0.15) is 16.5 Å². The van der Waals surface area contributed by atoms with Gasteiger partial charge >= 0.3 is 6.18 Å². The van der Waals surface area contributed by atoms with Crippen molar-refractivity contribution in [3.05, 3.63) is 58.6 Å². The van der Waals surface area contributed by atoms with Gasteiger partial charge in [0.25, 0.3) is 0 Å². The first-order valence-corrected chi connectivity index (χ1v) is 6.51. The van der Waals surface area contributed by atoms with Crippen LogP contribution in [0, 0.1) is 0 Å². The number of thiocarbonyl (C=S) groups is 1. The molecule has 0 saturated heterocycles. The van der Waals surface area contributed by atoms with Crippen LogP contribution < -0.4 is 10.5 Å². The van der Waals surface area contributed by atoms with E-state index >= 15 is 0 Å². The average Bonchev–Trinajstić information content (AvgIpc) is 2.37. The fourth-order valence-corrected chi connectivity index (χ4v) is 2.18. The minimum absolute atomic E-state index is 0.0993. The molecule has 0 aliphatic carbocycles. The molecule has 0 unspecified atom stereocenters. The van der Waals surface area contributed by atoms with Crippen LogP contribution in [-0.4, -0.2) is 4.99 Å². The summed E-state index contributed by atoms with van der Waals surface area (Å²) in [7, 11) is 0. The van der Waals surface area contributed by atoms with E-state index in [9.17, 15) is 13.2 Å². The highest BCUT2D eigenvalue weighted by Gasteiger charge is 2.34. The van der Waals surface area contributed by atoms with Crippen LogP contribution >= 0.6 is 23.8 Å². The number of para-hydroxylation sites is 1. The summed E-state index contributed by atoms with van der Waals surface area (Å²) < 4.78 is 43.8. The van der Waals surface area contributed by atoms with Gasteiger partial charge in [0.15, 0.2) is 0 Å². The van der Waals surface area contributed by atoms with Crippen molar-refractivity contribution in [2.24, 2.45) is 5.73 Å². The molecule has 0 atom stereocenters. The van der Waals surface area contributed by atoms with Crippen molar-refractivity contribution in [3.63, 3.8) is 0 Å². The van der Waals surface area contributed by atoms with Crippen molar-refractivity contribution < 1.29 is 17.9 Å². The van der Waals surface area contributed by atoms with Gasteiger partial charge in [0, 0.05) is 11.6 Å². The van der Waals surface area contributed by atoms with E-state index in [1.165, 1.54) is 36.4 Å². The molecule has 0 aliphatic rings. The summed E-state index contributed by atoms with van der Waals surface area (Å²) in [5.41, 5.74) is 5.03. The molecule has 21 heavy (non-hydrogen) atoms. The topological polar surface area (TPSA) is 35.2 Å². The summed E-state index contributed by atoms with van der Waals surface area (Å²) in [5, 5.41) is 0.212. The van der Waals surface area contributed by atoms with Gasteiger partial charge in [-0.3, -0.25) is 0 Å². The number of rotatable bonds is 3. The highest BCUT2D eigenvalue weighted by molar-refractivity contribution is 7.80.